The molecule has 2 aromatic carbocycles. The minimum Gasteiger partial charge on any atom is -0.508 e. The van der Waals surface area contributed by atoms with E-state index in [1.165, 1.54) is 5.56 Å². The van der Waals surface area contributed by atoms with E-state index in [4.69, 9.17) is 9.47 Å². The summed E-state index contributed by atoms with van der Waals surface area (Å²) < 4.78 is 11.3. The highest BCUT2D eigenvalue weighted by Crippen LogP contribution is 2.35. The van der Waals surface area contributed by atoms with Gasteiger partial charge in [-0.2, -0.15) is 0 Å². The van der Waals surface area contributed by atoms with Crippen LogP contribution in [0.1, 0.15) is 5.56 Å². The molecule has 0 fully saturated rings. The smallest absolute Gasteiger partial charge is 0.146 e. The van der Waals surface area contributed by atoms with Crippen LogP contribution in [0.4, 0.5) is 5.69 Å². The Kier molecular flexibility index (Phi) is 3.60. The maximum absolute atomic E-state index is 9.60. The van der Waals surface area contributed by atoms with Crippen LogP contribution in [0.2, 0.25) is 0 Å². The monoisotopic (exact) mass is 285 g/mol. The van der Waals surface area contributed by atoms with E-state index in [-0.39, 0.29) is 11.9 Å². The van der Waals surface area contributed by atoms with Gasteiger partial charge in [-0.05, 0) is 29.8 Å². The molecule has 2 aromatic rings. The maximum Gasteiger partial charge on any atom is 0.146 e. The first-order valence-corrected chi connectivity index (χ1v) is 6.99. The molecule has 1 atom stereocenters. The van der Waals surface area contributed by atoms with Gasteiger partial charge in [0.1, 0.15) is 23.4 Å². The lowest BCUT2D eigenvalue weighted by Gasteiger charge is -2.34. The van der Waals surface area contributed by atoms with Gasteiger partial charge in [-0.1, -0.05) is 12.1 Å². The molecule has 1 aliphatic heterocycles. The number of benzene rings is 2. The molecule has 21 heavy (non-hydrogen) atoms. The van der Waals surface area contributed by atoms with E-state index < -0.39 is 0 Å². The molecule has 0 aliphatic carbocycles. The van der Waals surface area contributed by atoms with E-state index in [1.807, 2.05) is 31.3 Å². The average Bonchev–Trinajstić information content (AvgIpc) is 2.47. The van der Waals surface area contributed by atoms with Crippen LogP contribution in [0.5, 0.6) is 17.2 Å². The number of rotatable bonds is 3. The number of hydrogen-bond donors (Lipinski definition) is 1. The lowest BCUT2D eigenvalue weighted by atomic mass is 10.1. The number of methoxy groups -OCH3 is 1. The summed E-state index contributed by atoms with van der Waals surface area (Å²) in [6.07, 6.45) is 0.854. The molecule has 1 unspecified atom stereocenters. The number of anilines is 1. The molecule has 0 radical (unpaired) electrons. The molecule has 1 N–H and O–H groups in total. The fraction of sp³-hybridized carbons (Fsp3) is 0.294. The number of likely N-dealkylation sites (N-methyl/N-ethyl adjacent to an activating group) is 1. The number of aromatic hydroxyl groups is 1. The van der Waals surface area contributed by atoms with Crippen molar-refractivity contribution in [1.82, 2.24) is 0 Å². The summed E-state index contributed by atoms with van der Waals surface area (Å²) in [6.45, 7) is 0.814. The predicted molar refractivity (Wildman–Crippen MR) is 82.5 cm³/mol. The summed E-state index contributed by atoms with van der Waals surface area (Å²) in [5.41, 5.74) is 2.19. The molecule has 0 spiro atoms. The first-order valence-electron chi connectivity index (χ1n) is 6.99. The Balaban J connectivity index is 1.79. The van der Waals surface area contributed by atoms with Crippen molar-refractivity contribution in [3.05, 3.63) is 48.0 Å². The van der Waals surface area contributed by atoms with Crippen molar-refractivity contribution in [2.24, 2.45) is 0 Å². The number of ether oxygens (including phenoxy) is 2. The van der Waals surface area contributed by atoms with Gasteiger partial charge in [-0.25, -0.2) is 0 Å². The Morgan fingerprint density at radius 3 is 2.95 bits per heavy atom. The molecule has 0 bridgehead atoms. The summed E-state index contributed by atoms with van der Waals surface area (Å²) in [4.78, 5) is 2.16. The third kappa shape index (κ3) is 2.89. The van der Waals surface area contributed by atoms with Gasteiger partial charge in [0, 0.05) is 19.5 Å². The van der Waals surface area contributed by atoms with E-state index in [0.717, 1.165) is 30.2 Å². The summed E-state index contributed by atoms with van der Waals surface area (Å²) in [7, 11) is 3.71. The van der Waals surface area contributed by atoms with Gasteiger partial charge in [0.05, 0.1) is 19.3 Å². The van der Waals surface area contributed by atoms with Gasteiger partial charge in [-0.15, -0.1) is 0 Å². The third-order valence-electron chi connectivity index (χ3n) is 3.72. The third-order valence-corrected chi connectivity index (χ3v) is 3.72. The maximum atomic E-state index is 9.60. The van der Waals surface area contributed by atoms with E-state index >= 15 is 0 Å². The van der Waals surface area contributed by atoms with Crippen molar-refractivity contribution in [2.45, 2.75) is 12.5 Å². The molecule has 0 aromatic heterocycles. The van der Waals surface area contributed by atoms with Crippen LogP contribution in [0, 0.1) is 0 Å². The molecule has 4 nitrogen and oxygen atoms in total. The van der Waals surface area contributed by atoms with Crippen molar-refractivity contribution in [3.63, 3.8) is 0 Å². The SMILES string of the molecule is COc1cccc(CC2CN(C)c3ccc(O)cc3O2)c1. The Bertz CT molecular complexity index is 642. The zero-order valence-electron chi connectivity index (χ0n) is 12.2. The van der Waals surface area contributed by atoms with Crippen molar-refractivity contribution in [3.8, 4) is 17.2 Å². The molecule has 0 saturated carbocycles. The van der Waals surface area contributed by atoms with E-state index in [9.17, 15) is 5.11 Å². The number of nitrogens with zero attached hydrogens (tertiary/aromatic N) is 1. The van der Waals surface area contributed by atoms with E-state index in [1.54, 1.807) is 19.2 Å². The highest BCUT2D eigenvalue weighted by molar-refractivity contribution is 5.62. The average molecular weight is 285 g/mol. The summed E-state index contributed by atoms with van der Waals surface area (Å²) in [5.74, 6) is 1.82. The largest absolute Gasteiger partial charge is 0.508 e. The highest BCUT2D eigenvalue weighted by Gasteiger charge is 2.24. The molecule has 0 amide bonds. The van der Waals surface area contributed by atoms with Gasteiger partial charge in [0.2, 0.25) is 0 Å². The van der Waals surface area contributed by atoms with Crippen molar-refractivity contribution < 1.29 is 14.6 Å². The highest BCUT2D eigenvalue weighted by atomic mass is 16.5. The van der Waals surface area contributed by atoms with Crippen molar-refractivity contribution in [2.75, 3.05) is 25.6 Å². The van der Waals surface area contributed by atoms with Crippen LogP contribution in [0.3, 0.4) is 0 Å². The normalized spacial score (nSPS) is 17.0. The zero-order valence-corrected chi connectivity index (χ0v) is 12.2. The standard InChI is InChI=1S/C17H19NO3/c1-18-11-15(9-12-4-3-5-14(8-12)20-2)21-17-10-13(19)6-7-16(17)18/h3-8,10,15,19H,9,11H2,1-2H3. The molecule has 3 rings (SSSR count). The first kappa shape index (κ1) is 13.6. The minimum absolute atomic E-state index is 0.0522. The molecular weight excluding hydrogens is 266 g/mol. The summed E-state index contributed by atoms with van der Waals surface area (Å²) >= 11 is 0. The molecule has 4 heteroatoms. The summed E-state index contributed by atoms with van der Waals surface area (Å²) in [6, 6.07) is 13.3. The van der Waals surface area contributed by atoms with Crippen molar-refractivity contribution in [1.29, 1.82) is 0 Å². The second-order valence-corrected chi connectivity index (χ2v) is 5.33. The fourth-order valence-corrected chi connectivity index (χ4v) is 2.70. The van der Waals surface area contributed by atoms with Gasteiger partial charge < -0.3 is 19.5 Å². The summed E-state index contributed by atoms with van der Waals surface area (Å²) in [5, 5.41) is 9.60. The Morgan fingerprint density at radius 2 is 2.14 bits per heavy atom. The number of hydrogen-bond acceptors (Lipinski definition) is 4. The number of phenols is 1. The fourth-order valence-electron chi connectivity index (χ4n) is 2.70. The van der Waals surface area contributed by atoms with E-state index in [2.05, 4.69) is 11.0 Å². The van der Waals surface area contributed by atoms with Crippen LogP contribution in [-0.2, 0) is 6.42 Å². The van der Waals surface area contributed by atoms with Gasteiger partial charge in [0.15, 0.2) is 0 Å². The molecular formula is C17H19NO3. The quantitative estimate of drug-likeness (QED) is 0.941. The second-order valence-electron chi connectivity index (χ2n) is 5.33. The van der Waals surface area contributed by atoms with Gasteiger partial charge in [0.25, 0.3) is 0 Å². The topological polar surface area (TPSA) is 41.9 Å². The predicted octanol–water partition coefficient (Wildman–Crippen LogP) is 2.84. The van der Waals surface area contributed by atoms with Crippen LogP contribution in [0.15, 0.2) is 42.5 Å². The van der Waals surface area contributed by atoms with Gasteiger partial charge >= 0.3 is 0 Å². The molecule has 1 aliphatic rings. The Hall–Kier alpha value is -2.36. The molecule has 0 saturated heterocycles. The van der Waals surface area contributed by atoms with Crippen LogP contribution in [-0.4, -0.2) is 31.9 Å². The van der Waals surface area contributed by atoms with Crippen LogP contribution < -0.4 is 14.4 Å². The van der Waals surface area contributed by atoms with Gasteiger partial charge in [-0.3, -0.25) is 0 Å². The second kappa shape index (κ2) is 5.56. The first-order chi connectivity index (χ1) is 10.2. The Labute approximate surface area is 124 Å². The van der Waals surface area contributed by atoms with Crippen LogP contribution in [0.25, 0.3) is 0 Å². The van der Waals surface area contributed by atoms with Crippen LogP contribution >= 0.6 is 0 Å². The lowest BCUT2D eigenvalue weighted by molar-refractivity contribution is 0.195. The molecule has 1 heterocycles. The lowest BCUT2D eigenvalue weighted by Crippen LogP contribution is -2.38. The minimum atomic E-state index is 0.0522. The Morgan fingerprint density at radius 1 is 1.29 bits per heavy atom. The van der Waals surface area contributed by atoms with Crippen molar-refractivity contribution >= 4 is 5.69 Å². The zero-order chi connectivity index (χ0) is 14.8. The number of phenolic OH excluding ortho intramolecular Hbond substituents is 1. The van der Waals surface area contributed by atoms with E-state index in [0.29, 0.717) is 0 Å². The molecule has 110 valence electrons. The number of fused-ring (bicyclic) bond motifs is 1.